The smallest absolute Gasteiger partial charge is 0.192 e. The number of carbonyl (C=O) groups is 1. The number of ether oxygens (including phenoxy) is 1. The molecule has 1 heterocycles. The van der Waals surface area contributed by atoms with Gasteiger partial charge in [-0.25, -0.2) is 4.98 Å². The molecule has 0 saturated heterocycles. The lowest BCUT2D eigenvalue weighted by Gasteiger charge is -2.01. The zero-order chi connectivity index (χ0) is 10.1. The van der Waals surface area contributed by atoms with E-state index in [0.29, 0.717) is 34.6 Å². The van der Waals surface area contributed by atoms with Crippen molar-refractivity contribution in [1.29, 1.82) is 0 Å². The molecule has 0 saturated carbocycles. The van der Waals surface area contributed by atoms with E-state index in [1.807, 2.05) is 0 Å². The van der Waals surface area contributed by atoms with E-state index >= 15 is 0 Å². The van der Waals surface area contributed by atoms with Crippen molar-refractivity contribution in [2.45, 2.75) is 6.92 Å². The molecule has 1 aromatic heterocycles. The van der Waals surface area contributed by atoms with Crippen LogP contribution in [0.15, 0.2) is 16.5 Å². The summed E-state index contributed by atoms with van der Waals surface area (Å²) in [4.78, 5) is 15.0. The first kappa shape index (κ1) is 8.74. The quantitative estimate of drug-likeness (QED) is 0.681. The van der Waals surface area contributed by atoms with Gasteiger partial charge >= 0.3 is 0 Å². The van der Waals surface area contributed by atoms with E-state index in [1.165, 1.54) is 7.11 Å². The molecule has 0 N–H and O–H groups in total. The Labute approximate surface area is 80.5 Å². The number of aldehydes is 1. The van der Waals surface area contributed by atoms with E-state index < -0.39 is 0 Å². The first-order valence-corrected chi connectivity index (χ1v) is 4.15. The molecule has 14 heavy (non-hydrogen) atoms. The molecule has 0 aliphatic carbocycles. The second-order valence-electron chi connectivity index (χ2n) is 2.88. The Hall–Kier alpha value is -1.84. The Bertz CT molecular complexity index is 487. The number of nitrogens with zero attached hydrogens (tertiary/aromatic N) is 1. The van der Waals surface area contributed by atoms with E-state index in [4.69, 9.17) is 9.15 Å². The maximum Gasteiger partial charge on any atom is 0.192 e. The topological polar surface area (TPSA) is 52.3 Å². The van der Waals surface area contributed by atoms with Gasteiger partial charge < -0.3 is 9.15 Å². The van der Waals surface area contributed by atoms with Crippen LogP contribution >= 0.6 is 0 Å². The van der Waals surface area contributed by atoms with Crippen molar-refractivity contribution in [3.05, 3.63) is 23.6 Å². The molecule has 0 aliphatic heterocycles. The van der Waals surface area contributed by atoms with E-state index in [1.54, 1.807) is 19.1 Å². The highest BCUT2D eigenvalue weighted by Crippen LogP contribution is 2.26. The van der Waals surface area contributed by atoms with Crippen molar-refractivity contribution in [3.63, 3.8) is 0 Å². The Morgan fingerprint density at radius 3 is 2.93 bits per heavy atom. The van der Waals surface area contributed by atoms with Crippen molar-refractivity contribution in [3.8, 4) is 5.75 Å². The minimum Gasteiger partial charge on any atom is -0.496 e. The third-order valence-corrected chi connectivity index (χ3v) is 2.00. The molecule has 72 valence electrons. The molecule has 1 aromatic carbocycles. The summed E-state index contributed by atoms with van der Waals surface area (Å²) in [7, 11) is 1.51. The average molecular weight is 191 g/mol. The fourth-order valence-corrected chi connectivity index (χ4v) is 1.40. The highest BCUT2D eigenvalue weighted by molar-refractivity contribution is 5.96. The van der Waals surface area contributed by atoms with Gasteiger partial charge in [0.05, 0.1) is 7.11 Å². The summed E-state index contributed by atoms with van der Waals surface area (Å²) in [5.74, 6) is 1.04. The van der Waals surface area contributed by atoms with Gasteiger partial charge in [-0.05, 0) is 12.1 Å². The molecule has 0 aliphatic rings. The third-order valence-electron chi connectivity index (χ3n) is 2.00. The van der Waals surface area contributed by atoms with Gasteiger partial charge in [0.2, 0.25) is 0 Å². The molecule has 0 bridgehead atoms. The van der Waals surface area contributed by atoms with Gasteiger partial charge in [0.15, 0.2) is 17.8 Å². The number of aromatic nitrogens is 1. The predicted octanol–water partition coefficient (Wildman–Crippen LogP) is 1.96. The maximum absolute atomic E-state index is 10.8. The number of carbonyl (C=O) groups excluding carboxylic acids is 1. The van der Waals surface area contributed by atoms with E-state index in [9.17, 15) is 4.79 Å². The Morgan fingerprint density at radius 1 is 1.50 bits per heavy atom. The van der Waals surface area contributed by atoms with Crippen LogP contribution in [-0.4, -0.2) is 18.4 Å². The van der Waals surface area contributed by atoms with Gasteiger partial charge in [-0.1, -0.05) is 0 Å². The summed E-state index contributed by atoms with van der Waals surface area (Å²) in [5, 5.41) is 0. The van der Waals surface area contributed by atoms with Crippen LogP contribution in [0.1, 0.15) is 16.2 Å². The number of hydrogen-bond donors (Lipinski definition) is 0. The summed E-state index contributed by atoms with van der Waals surface area (Å²) in [5.41, 5.74) is 1.56. The van der Waals surface area contributed by atoms with Crippen molar-refractivity contribution in [2.24, 2.45) is 0 Å². The lowest BCUT2D eigenvalue weighted by molar-refractivity contribution is 0.112. The molecule has 0 unspecified atom stereocenters. The normalized spacial score (nSPS) is 10.4. The maximum atomic E-state index is 10.8. The van der Waals surface area contributed by atoms with Crippen LogP contribution in [0.4, 0.5) is 0 Å². The zero-order valence-electron chi connectivity index (χ0n) is 7.90. The highest BCUT2D eigenvalue weighted by atomic mass is 16.5. The van der Waals surface area contributed by atoms with Crippen LogP contribution < -0.4 is 4.74 Å². The average Bonchev–Trinajstić information content (AvgIpc) is 2.56. The van der Waals surface area contributed by atoms with Gasteiger partial charge in [-0.3, -0.25) is 4.79 Å². The molecule has 2 rings (SSSR count). The van der Waals surface area contributed by atoms with E-state index in [-0.39, 0.29) is 0 Å². The lowest BCUT2D eigenvalue weighted by Crippen LogP contribution is -1.90. The molecule has 0 fully saturated rings. The minimum absolute atomic E-state index is 0.408. The third kappa shape index (κ3) is 1.16. The second kappa shape index (κ2) is 3.14. The SMILES string of the molecule is COc1ccc2nc(C)oc2c1C=O. The summed E-state index contributed by atoms with van der Waals surface area (Å²) < 4.78 is 10.3. The van der Waals surface area contributed by atoms with Gasteiger partial charge in [0, 0.05) is 6.92 Å². The predicted molar refractivity (Wildman–Crippen MR) is 50.7 cm³/mol. The zero-order valence-corrected chi connectivity index (χ0v) is 7.90. The van der Waals surface area contributed by atoms with E-state index in [2.05, 4.69) is 4.98 Å². The molecule has 0 atom stereocenters. The van der Waals surface area contributed by atoms with Gasteiger partial charge in [0.25, 0.3) is 0 Å². The van der Waals surface area contributed by atoms with Crippen molar-refractivity contribution < 1.29 is 13.9 Å². The molecule has 0 radical (unpaired) electrons. The molecular formula is C10H9NO3. The van der Waals surface area contributed by atoms with Crippen LogP contribution in [0, 0.1) is 6.92 Å². The fraction of sp³-hybridized carbons (Fsp3) is 0.200. The molecular weight excluding hydrogens is 182 g/mol. The number of oxazole rings is 1. The molecule has 4 heteroatoms. The van der Waals surface area contributed by atoms with Crippen LogP contribution in [0.5, 0.6) is 5.75 Å². The van der Waals surface area contributed by atoms with Crippen LogP contribution in [-0.2, 0) is 0 Å². The van der Waals surface area contributed by atoms with Gasteiger partial charge in [0.1, 0.15) is 16.8 Å². The monoisotopic (exact) mass is 191 g/mol. The number of fused-ring (bicyclic) bond motifs is 1. The summed E-state index contributed by atoms with van der Waals surface area (Å²) in [6.07, 6.45) is 0.714. The molecule has 4 nitrogen and oxygen atoms in total. The molecule has 2 aromatic rings. The van der Waals surface area contributed by atoms with Crippen LogP contribution in [0.2, 0.25) is 0 Å². The van der Waals surface area contributed by atoms with Crippen LogP contribution in [0.3, 0.4) is 0 Å². The largest absolute Gasteiger partial charge is 0.496 e. The minimum atomic E-state index is 0.408. The Balaban J connectivity index is 2.82. The van der Waals surface area contributed by atoms with Gasteiger partial charge in [-0.2, -0.15) is 0 Å². The lowest BCUT2D eigenvalue weighted by atomic mass is 10.2. The van der Waals surface area contributed by atoms with Crippen molar-refractivity contribution in [2.75, 3.05) is 7.11 Å². The fourth-order valence-electron chi connectivity index (χ4n) is 1.40. The molecule has 0 amide bonds. The Morgan fingerprint density at radius 2 is 2.29 bits per heavy atom. The number of methoxy groups -OCH3 is 1. The summed E-state index contributed by atoms with van der Waals surface area (Å²) >= 11 is 0. The van der Waals surface area contributed by atoms with E-state index in [0.717, 1.165) is 0 Å². The first-order valence-electron chi connectivity index (χ1n) is 4.15. The van der Waals surface area contributed by atoms with Crippen LogP contribution in [0.25, 0.3) is 11.1 Å². The number of aryl methyl sites for hydroxylation is 1. The number of rotatable bonds is 2. The van der Waals surface area contributed by atoms with Crippen molar-refractivity contribution >= 4 is 17.4 Å². The summed E-state index contributed by atoms with van der Waals surface area (Å²) in [6, 6.07) is 3.46. The molecule has 0 spiro atoms. The number of hydrogen-bond acceptors (Lipinski definition) is 4. The van der Waals surface area contributed by atoms with Gasteiger partial charge in [-0.15, -0.1) is 0 Å². The first-order chi connectivity index (χ1) is 6.76. The second-order valence-corrected chi connectivity index (χ2v) is 2.88. The van der Waals surface area contributed by atoms with Crippen molar-refractivity contribution in [1.82, 2.24) is 4.98 Å². The Kier molecular flexibility index (Phi) is 1.96. The summed E-state index contributed by atoms with van der Waals surface area (Å²) in [6.45, 7) is 1.74. The number of benzene rings is 1. The highest BCUT2D eigenvalue weighted by Gasteiger charge is 2.12. The standard InChI is InChI=1S/C10H9NO3/c1-6-11-8-3-4-9(13-2)7(5-12)10(8)14-6/h3-5H,1-2H3.